The summed E-state index contributed by atoms with van der Waals surface area (Å²) in [4.78, 5) is 55.0. The summed E-state index contributed by atoms with van der Waals surface area (Å²) in [6, 6.07) is 20.3. The fraction of sp³-hybridized carbons (Fsp3) is 0.273. The number of anilines is 1. The van der Waals surface area contributed by atoms with Gasteiger partial charge in [0.1, 0.15) is 0 Å². The fourth-order valence-electron chi connectivity index (χ4n) is 7.77. The molecule has 4 aliphatic rings. The first-order valence-corrected chi connectivity index (χ1v) is 14.0. The Morgan fingerprint density at radius 1 is 0.929 bits per heavy atom. The first-order chi connectivity index (χ1) is 20.2. The number of halogens is 1. The second-order valence-electron chi connectivity index (χ2n) is 11.6. The summed E-state index contributed by atoms with van der Waals surface area (Å²) in [6.07, 6.45) is 2.24. The van der Waals surface area contributed by atoms with Gasteiger partial charge < -0.3 is 5.11 Å². The molecule has 3 aromatic rings. The lowest BCUT2D eigenvalue weighted by Gasteiger charge is -2.50. The van der Waals surface area contributed by atoms with E-state index in [1.165, 1.54) is 6.07 Å². The number of carbonyl (C=O) groups is 4. The average molecular weight is 566 g/mol. The maximum atomic E-state index is 15.0. The number of imide groups is 2. The highest BCUT2D eigenvalue weighted by Gasteiger charge is 2.70. The van der Waals surface area contributed by atoms with Crippen molar-refractivity contribution in [3.63, 3.8) is 0 Å². The molecule has 4 amide bonds. The van der Waals surface area contributed by atoms with Gasteiger partial charge in [-0.3, -0.25) is 29.9 Å². The van der Waals surface area contributed by atoms with Crippen molar-refractivity contribution in [2.24, 2.45) is 23.7 Å². The number of hydrogen-bond donors (Lipinski definition) is 3. The van der Waals surface area contributed by atoms with E-state index in [2.05, 4.69) is 10.7 Å². The van der Waals surface area contributed by atoms with Crippen LogP contribution in [-0.2, 0) is 24.6 Å². The van der Waals surface area contributed by atoms with Gasteiger partial charge in [-0.2, -0.15) is 5.01 Å². The summed E-state index contributed by atoms with van der Waals surface area (Å²) < 4.78 is 15.0. The monoisotopic (exact) mass is 565 g/mol. The molecule has 8 nitrogen and oxygen atoms in total. The van der Waals surface area contributed by atoms with Gasteiger partial charge in [0.05, 0.1) is 28.9 Å². The van der Waals surface area contributed by atoms with Gasteiger partial charge in [0.15, 0.2) is 11.6 Å². The van der Waals surface area contributed by atoms with Gasteiger partial charge in [-0.1, -0.05) is 71.8 Å². The number of para-hydroxylation sites is 1. The Balaban J connectivity index is 1.48. The molecule has 2 aliphatic carbocycles. The SMILES string of the molecule is Cc1ccc(NN2C(=O)[C@@H]3C[C@@H]4C(=CC[C@@H]5C(=O)NC(=O)[C@@H]54)[C@H](c4cccc(F)c4O)[C@]3(c3ccccc3)C2=O)cc1. The number of nitrogens with zero attached hydrogens (tertiary/aromatic N) is 1. The molecule has 0 radical (unpaired) electrons. The van der Waals surface area contributed by atoms with Crippen molar-refractivity contribution < 1.29 is 28.7 Å². The number of phenols is 1. The van der Waals surface area contributed by atoms with Crippen LogP contribution in [0.25, 0.3) is 0 Å². The molecular weight excluding hydrogens is 537 g/mol. The summed E-state index contributed by atoms with van der Waals surface area (Å²) in [7, 11) is 0. The first-order valence-electron chi connectivity index (χ1n) is 14.0. The van der Waals surface area contributed by atoms with E-state index in [1.807, 2.05) is 25.1 Å². The van der Waals surface area contributed by atoms with Crippen LogP contribution in [0.5, 0.6) is 5.75 Å². The molecule has 7 rings (SSSR count). The third-order valence-corrected chi connectivity index (χ3v) is 9.56. The zero-order chi connectivity index (χ0) is 29.3. The summed E-state index contributed by atoms with van der Waals surface area (Å²) in [5.74, 6) is -7.11. The Kier molecular flexibility index (Phi) is 5.83. The quantitative estimate of drug-likeness (QED) is 0.324. The number of fused-ring (bicyclic) bond motifs is 4. The molecule has 212 valence electrons. The summed E-state index contributed by atoms with van der Waals surface area (Å²) >= 11 is 0. The molecule has 0 bridgehead atoms. The van der Waals surface area contributed by atoms with E-state index in [0.717, 1.165) is 16.6 Å². The van der Waals surface area contributed by atoms with Crippen molar-refractivity contribution in [1.29, 1.82) is 0 Å². The normalized spacial score (nSPS) is 29.9. The first kappa shape index (κ1) is 26.1. The Morgan fingerprint density at radius 3 is 2.40 bits per heavy atom. The van der Waals surface area contributed by atoms with Gasteiger partial charge in [0.2, 0.25) is 11.8 Å². The van der Waals surface area contributed by atoms with Gasteiger partial charge in [-0.15, -0.1) is 0 Å². The largest absolute Gasteiger partial charge is 0.505 e. The molecule has 2 heterocycles. The van der Waals surface area contributed by atoms with Crippen molar-refractivity contribution >= 4 is 29.3 Å². The molecule has 42 heavy (non-hydrogen) atoms. The van der Waals surface area contributed by atoms with E-state index in [9.17, 15) is 28.7 Å². The predicted octanol–water partition coefficient (Wildman–Crippen LogP) is 4.11. The van der Waals surface area contributed by atoms with Crippen molar-refractivity contribution in [3.8, 4) is 5.75 Å². The van der Waals surface area contributed by atoms with Crippen LogP contribution in [-0.4, -0.2) is 33.7 Å². The number of benzene rings is 3. The number of rotatable bonds is 4. The minimum absolute atomic E-state index is 0.131. The number of aryl methyl sites for hydroxylation is 1. The number of phenolic OH excluding ortho intramolecular Hbond substituents is 1. The second-order valence-corrected chi connectivity index (χ2v) is 11.6. The minimum atomic E-state index is -1.56. The van der Waals surface area contributed by atoms with Gasteiger partial charge in [0, 0.05) is 11.5 Å². The molecule has 0 spiro atoms. The van der Waals surface area contributed by atoms with Gasteiger partial charge >= 0.3 is 0 Å². The van der Waals surface area contributed by atoms with E-state index in [4.69, 9.17) is 0 Å². The van der Waals surface area contributed by atoms with Crippen LogP contribution in [0.2, 0.25) is 0 Å². The number of nitrogens with one attached hydrogen (secondary N) is 2. The Labute approximate surface area is 241 Å². The zero-order valence-corrected chi connectivity index (χ0v) is 22.7. The molecule has 2 saturated heterocycles. The number of hydrogen-bond acceptors (Lipinski definition) is 6. The van der Waals surface area contributed by atoms with E-state index >= 15 is 0 Å². The lowest BCUT2D eigenvalue weighted by Crippen LogP contribution is -2.53. The van der Waals surface area contributed by atoms with Crippen LogP contribution >= 0.6 is 0 Å². The van der Waals surface area contributed by atoms with Crippen molar-refractivity contribution in [3.05, 3.63) is 107 Å². The smallest absolute Gasteiger partial charge is 0.260 e. The summed E-state index contributed by atoms with van der Waals surface area (Å²) in [5.41, 5.74) is 4.34. The summed E-state index contributed by atoms with van der Waals surface area (Å²) in [5, 5.41) is 14.6. The topological polar surface area (TPSA) is 116 Å². The van der Waals surface area contributed by atoms with Gasteiger partial charge in [-0.25, -0.2) is 4.39 Å². The number of aromatic hydroxyl groups is 1. The molecular formula is C33H28FN3O5. The van der Waals surface area contributed by atoms with Crippen molar-refractivity contribution in [2.45, 2.75) is 31.1 Å². The third kappa shape index (κ3) is 3.52. The lowest BCUT2D eigenvalue weighted by atomic mass is 9.49. The molecule has 3 fully saturated rings. The Hall–Kier alpha value is -4.79. The van der Waals surface area contributed by atoms with Gasteiger partial charge in [0.25, 0.3) is 11.8 Å². The highest BCUT2D eigenvalue weighted by atomic mass is 19.1. The number of hydrazine groups is 1. The van der Waals surface area contributed by atoms with Gasteiger partial charge in [-0.05, 0) is 49.4 Å². The maximum absolute atomic E-state index is 15.0. The van der Waals surface area contributed by atoms with Crippen LogP contribution in [0, 0.1) is 36.4 Å². The number of amides is 4. The average Bonchev–Trinajstić information content (AvgIpc) is 3.40. The standard InChI is InChI=1S/C33H28FN3O5/c1-17-10-12-19(13-11-17)36-37-31(41)24-16-23-20(14-15-21-26(23)30(40)35-29(21)39)27(22-8-5-9-25(34)28(22)38)33(24,32(37)42)18-6-3-2-4-7-18/h2-14,21,23-24,26-27,36,38H,15-16H2,1H3,(H,35,39,40)/t21-,23+,24-,26-,27+,33+/m0/s1. The predicted molar refractivity (Wildman–Crippen MR) is 150 cm³/mol. The molecule has 1 saturated carbocycles. The Morgan fingerprint density at radius 2 is 1.67 bits per heavy atom. The molecule has 2 aliphatic heterocycles. The number of allylic oxidation sites excluding steroid dienone is 2. The van der Waals surface area contributed by atoms with Crippen LogP contribution in [0.15, 0.2) is 84.4 Å². The molecule has 3 aromatic carbocycles. The molecule has 0 unspecified atom stereocenters. The maximum Gasteiger partial charge on any atom is 0.260 e. The lowest BCUT2D eigenvalue weighted by molar-refractivity contribution is -0.138. The van der Waals surface area contributed by atoms with Crippen LogP contribution in [0.1, 0.15) is 35.4 Å². The third-order valence-electron chi connectivity index (χ3n) is 9.56. The van der Waals surface area contributed by atoms with Crippen molar-refractivity contribution in [1.82, 2.24) is 10.3 Å². The van der Waals surface area contributed by atoms with E-state index < -0.39 is 64.3 Å². The Bertz CT molecular complexity index is 1690. The minimum Gasteiger partial charge on any atom is -0.505 e. The van der Waals surface area contributed by atoms with Crippen LogP contribution < -0.4 is 10.7 Å². The zero-order valence-electron chi connectivity index (χ0n) is 22.7. The van der Waals surface area contributed by atoms with E-state index in [1.54, 1.807) is 48.5 Å². The highest BCUT2D eigenvalue weighted by Crippen LogP contribution is 2.64. The molecule has 0 aromatic heterocycles. The summed E-state index contributed by atoms with van der Waals surface area (Å²) in [6.45, 7) is 1.93. The molecule has 3 N–H and O–H groups in total. The highest BCUT2D eigenvalue weighted by molar-refractivity contribution is 6.13. The fourth-order valence-corrected chi connectivity index (χ4v) is 7.77. The van der Waals surface area contributed by atoms with Crippen LogP contribution in [0.3, 0.4) is 0 Å². The molecule has 9 heteroatoms. The molecule has 6 atom stereocenters. The number of carbonyl (C=O) groups excluding carboxylic acids is 4. The van der Waals surface area contributed by atoms with E-state index in [0.29, 0.717) is 16.8 Å². The van der Waals surface area contributed by atoms with Crippen molar-refractivity contribution in [2.75, 3.05) is 5.43 Å². The van der Waals surface area contributed by atoms with E-state index in [-0.39, 0.29) is 24.3 Å². The van der Waals surface area contributed by atoms with Crippen LogP contribution in [0.4, 0.5) is 10.1 Å². The second kappa shape index (κ2) is 9.37.